The summed E-state index contributed by atoms with van der Waals surface area (Å²) in [6.45, 7) is 4.91. The molecule has 0 aliphatic heterocycles. The van der Waals surface area contributed by atoms with Gasteiger partial charge < -0.3 is 9.84 Å². The Balaban J connectivity index is 2.00. The van der Waals surface area contributed by atoms with E-state index in [-0.39, 0.29) is 6.10 Å². The molecule has 1 rings (SSSR count). The molecule has 2 nitrogen and oxygen atoms in total. The van der Waals surface area contributed by atoms with Crippen LogP contribution < -0.4 is 0 Å². The van der Waals surface area contributed by atoms with Gasteiger partial charge in [-0.1, -0.05) is 45.4 Å². The normalized spacial score (nSPS) is 20.6. The molecule has 2 unspecified atom stereocenters. The SMILES string of the molecule is CCCCCCC(C)OCC(O)C1CCCC1. The van der Waals surface area contributed by atoms with E-state index >= 15 is 0 Å². The molecular weight excluding hydrogens is 212 g/mol. The number of rotatable bonds is 9. The minimum atomic E-state index is -0.226. The largest absolute Gasteiger partial charge is 0.390 e. The van der Waals surface area contributed by atoms with Crippen molar-refractivity contribution in [3.63, 3.8) is 0 Å². The molecule has 1 fully saturated rings. The second-order valence-corrected chi connectivity index (χ2v) is 5.61. The van der Waals surface area contributed by atoms with Crippen molar-refractivity contribution >= 4 is 0 Å². The Morgan fingerprint density at radius 1 is 1.18 bits per heavy atom. The number of aliphatic hydroxyl groups is 1. The zero-order chi connectivity index (χ0) is 12.5. The molecule has 17 heavy (non-hydrogen) atoms. The van der Waals surface area contributed by atoms with Crippen LogP contribution in [0.2, 0.25) is 0 Å². The first-order valence-corrected chi connectivity index (χ1v) is 7.53. The molecule has 102 valence electrons. The topological polar surface area (TPSA) is 29.5 Å². The number of unbranched alkanes of at least 4 members (excludes halogenated alkanes) is 3. The van der Waals surface area contributed by atoms with Crippen LogP contribution in [0.1, 0.15) is 71.6 Å². The quantitative estimate of drug-likeness (QED) is 0.621. The van der Waals surface area contributed by atoms with Crippen LogP contribution in [0.15, 0.2) is 0 Å². The van der Waals surface area contributed by atoms with Crippen LogP contribution in [0, 0.1) is 5.92 Å². The lowest BCUT2D eigenvalue weighted by Gasteiger charge is -2.20. The van der Waals surface area contributed by atoms with Crippen molar-refractivity contribution in [2.75, 3.05) is 6.61 Å². The Kier molecular flexibility index (Phi) is 7.87. The predicted octanol–water partition coefficient (Wildman–Crippen LogP) is 3.91. The second kappa shape index (κ2) is 8.93. The van der Waals surface area contributed by atoms with Gasteiger partial charge in [-0.25, -0.2) is 0 Å². The van der Waals surface area contributed by atoms with Gasteiger partial charge in [0.1, 0.15) is 0 Å². The van der Waals surface area contributed by atoms with E-state index in [0.717, 1.165) is 6.42 Å². The second-order valence-electron chi connectivity index (χ2n) is 5.61. The Morgan fingerprint density at radius 3 is 2.53 bits per heavy atom. The summed E-state index contributed by atoms with van der Waals surface area (Å²) in [5, 5.41) is 9.98. The smallest absolute Gasteiger partial charge is 0.0801 e. The Morgan fingerprint density at radius 2 is 1.88 bits per heavy atom. The average molecular weight is 242 g/mol. The van der Waals surface area contributed by atoms with Gasteiger partial charge in [-0.3, -0.25) is 0 Å². The molecule has 0 amide bonds. The number of aliphatic hydroxyl groups excluding tert-OH is 1. The zero-order valence-electron chi connectivity index (χ0n) is 11.7. The third-order valence-corrected chi connectivity index (χ3v) is 3.96. The summed E-state index contributed by atoms with van der Waals surface area (Å²) in [4.78, 5) is 0. The van der Waals surface area contributed by atoms with Crippen LogP contribution in [-0.2, 0) is 4.74 Å². The van der Waals surface area contributed by atoms with Crippen molar-refractivity contribution in [2.24, 2.45) is 5.92 Å². The lowest BCUT2D eigenvalue weighted by Crippen LogP contribution is -2.26. The molecular formula is C15H30O2. The third kappa shape index (κ3) is 6.42. The van der Waals surface area contributed by atoms with E-state index in [1.807, 2.05) is 0 Å². The Bertz CT molecular complexity index is 176. The van der Waals surface area contributed by atoms with E-state index in [0.29, 0.717) is 18.6 Å². The van der Waals surface area contributed by atoms with Gasteiger partial charge in [-0.05, 0) is 32.1 Å². The molecule has 2 heteroatoms. The average Bonchev–Trinajstić information content (AvgIpc) is 2.85. The summed E-state index contributed by atoms with van der Waals surface area (Å²) in [5.74, 6) is 0.502. The molecule has 0 aromatic heterocycles. The van der Waals surface area contributed by atoms with Crippen LogP contribution in [0.25, 0.3) is 0 Å². The molecule has 0 aromatic carbocycles. The maximum atomic E-state index is 9.98. The fourth-order valence-electron chi connectivity index (χ4n) is 2.68. The van der Waals surface area contributed by atoms with Gasteiger partial charge in [0.15, 0.2) is 0 Å². The van der Waals surface area contributed by atoms with Gasteiger partial charge in [0.25, 0.3) is 0 Å². The van der Waals surface area contributed by atoms with E-state index in [2.05, 4.69) is 13.8 Å². The van der Waals surface area contributed by atoms with Crippen LogP contribution in [-0.4, -0.2) is 23.9 Å². The third-order valence-electron chi connectivity index (χ3n) is 3.96. The Hall–Kier alpha value is -0.0800. The monoisotopic (exact) mass is 242 g/mol. The number of hydrogen-bond donors (Lipinski definition) is 1. The zero-order valence-corrected chi connectivity index (χ0v) is 11.7. The fraction of sp³-hybridized carbons (Fsp3) is 1.00. The predicted molar refractivity (Wildman–Crippen MR) is 72.1 cm³/mol. The van der Waals surface area contributed by atoms with Crippen molar-refractivity contribution in [1.82, 2.24) is 0 Å². The van der Waals surface area contributed by atoms with Crippen LogP contribution in [0.5, 0.6) is 0 Å². The molecule has 1 aliphatic carbocycles. The molecule has 0 saturated heterocycles. The maximum Gasteiger partial charge on any atom is 0.0801 e. The van der Waals surface area contributed by atoms with E-state index < -0.39 is 0 Å². The van der Waals surface area contributed by atoms with Gasteiger partial charge in [0.05, 0.1) is 18.8 Å². The van der Waals surface area contributed by atoms with E-state index in [1.165, 1.54) is 51.4 Å². The molecule has 1 N–H and O–H groups in total. The minimum Gasteiger partial charge on any atom is -0.390 e. The molecule has 1 aliphatic rings. The summed E-state index contributed by atoms with van der Waals surface area (Å²) in [7, 11) is 0. The lowest BCUT2D eigenvalue weighted by atomic mass is 10.0. The lowest BCUT2D eigenvalue weighted by molar-refractivity contribution is -0.0271. The highest BCUT2D eigenvalue weighted by atomic mass is 16.5. The molecule has 0 spiro atoms. The molecule has 2 atom stereocenters. The molecule has 0 radical (unpaired) electrons. The molecule has 0 bridgehead atoms. The van der Waals surface area contributed by atoms with Crippen molar-refractivity contribution in [2.45, 2.75) is 83.8 Å². The first kappa shape index (κ1) is 15.0. The van der Waals surface area contributed by atoms with Gasteiger partial charge in [0.2, 0.25) is 0 Å². The molecule has 1 saturated carbocycles. The summed E-state index contributed by atoms with van der Waals surface area (Å²) < 4.78 is 5.75. The van der Waals surface area contributed by atoms with Crippen molar-refractivity contribution in [1.29, 1.82) is 0 Å². The highest BCUT2D eigenvalue weighted by Gasteiger charge is 2.23. The first-order valence-electron chi connectivity index (χ1n) is 7.53. The summed E-state index contributed by atoms with van der Waals surface area (Å²) in [6.07, 6.45) is 11.4. The fourth-order valence-corrected chi connectivity index (χ4v) is 2.68. The summed E-state index contributed by atoms with van der Waals surface area (Å²) in [6, 6.07) is 0. The van der Waals surface area contributed by atoms with Crippen LogP contribution in [0.3, 0.4) is 0 Å². The van der Waals surface area contributed by atoms with Crippen molar-refractivity contribution < 1.29 is 9.84 Å². The number of hydrogen-bond acceptors (Lipinski definition) is 2. The van der Waals surface area contributed by atoms with Crippen LogP contribution >= 0.6 is 0 Å². The van der Waals surface area contributed by atoms with Crippen molar-refractivity contribution in [3.8, 4) is 0 Å². The number of ether oxygens (including phenoxy) is 1. The van der Waals surface area contributed by atoms with E-state index in [1.54, 1.807) is 0 Å². The molecule has 0 heterocycles. The Labute approximate surface area is 107 Å². The summed E-state index contributed by atoms with van der Waals surface area (Å²) >= 11 is 0. The van der Waals surface area contributed by atoms with Gasteiger partial charge in [-0.15, -0.1) is 0 Å². The standard InChI is InChI=1S/C15H30O2/c1-3-4-5-6-9-13(2)17-12-15(16)14-10-7-8-11-14/h13-16H,3-12H2,1-2H3. The van der Waals surface area contributed by atoms with Gasteiger partial charge in [0, 0.05) is 0 Å². The van der Waals surface area contributed by atoms with Crippen molar-refractivity contribution in [3.05, 3.63) is 0 Å². The molecule has 0 aromatic rings. The highest BCUT2D eigenvalue weighted by molar-refractivity contribution is 4.74. The van der Waals surface area contributed by atoms with E-state index in [4.69, 9.17) is 4.74 Å². The van der Waals surface area contributed by atoms with E-state index in [9.17, 15) is 5.11 Å². The minimum absolute atomic E-state index is 0.226. The summed E-state index contributed by atoms with van der Waals surface area (Å²) in [5.41, 5.74) is 0. The van der Waals surface area contributed by atoms with Crippen LogP contribution in [0.4, 0.5) is 0 Å². The van der Waals surface area contributed by atoms with Gasteiger partial charge >= 0.3 is 0 Å². The maximum absolute atomic E-state index is 9.98. The highest BCUT2D eigenvalue weighted by Crippen LogP contribution is 2.28. The van der Waals surface area contributed by atoms with Gasteiger partial charge in [-0.2, -0.15) is 0 Å². The first-order chi connectivity index (χ1) is 8.24.